The molecule has 0 saturated heterocycles. The Bertz CT molecular complexity index is 724. The molecule has 0 amide bonds. The third kappa shape index (κ3) is 1.88. The molecule has 2 aliphatic rings. The molecule has 2 atom stereocenters. The number of ketones is 2. The molecule has 8 heteroatoms. The highest BCUT2D eigenvalue weighted by molar-refractivity contribution is 6.50. The van der Waals surface area contributed by atoms with Crippen molar-refractivity contribution in [1.29, 1.82) is 0 Å². The fraction of sp³-hybridized carbons (Fsp3) is 0.231. The number of pyridine rings is 1. The first-order valence-electron chi connectivity index (χ1n) is 6.10. The van der Waals surface area contributed by atoms with Crippen LogP contribution in [0.4, 0.5) is 5.69 Å². The predicted molar refractivity (Wildman–Crippen MR) is 68.8 cm³/mol. The molecule has 0 saturated carbocycles. The Morgan fingerprint density at radius 2 is 2.10 bits per heavy atom. The molecule has 1 aromatic heterocycles. The number of nitrogens with zero attached hydrogens (tertiary/aromatic N) is 1. The number of aliphatic hydroxyl groups is 2. The third-order valence-corrected chi connectivity index (χ3v) is 3.49. The Morgan fingerprint density at radius 1 is 1.38 bits per heavy atom. The Hall–Kier alpha value is -2.74. The highest BCUT2D eigenvalue weighted by atomic mass is 16.4. The zero-order chi connectivity index (χ0) is 15.3. The number of rotatable bonds is 1. The highest BCUT2D eigenvalue weighted by Crippen LogP contribution is 2.39. The van der Waals surface area contributed by atoms with Crippen molar-refractivity contribution in [2.24, 2.45) is 0 Å². The number of nitrogens with one attached hydrogen (secondary N) is 1. The molecule has 4 N–H and O–H groups in total. The minimum absolute atomic E-state index is 0.00500. The van der Waals surface area contributed by atoms with Crippen LogP contribution in [-0.4, -0.2) is 43.9 Å². The normalized spacial score (nSPS) is 23.8. The summed E-state index contributed by atoms with van der Waals surface area (Å²) < 4.78 is 0. The maximum atomic E-state index is 11.8. The summed E-state index contributed by atoms with van der Waals surface area (Å²) in [6.07, 6.45) is 0.631. The topological polar surface area (TPSA) is 137 Å². The molecule has 0 radical (unpaired) electrons. The number of carboxylic acids is 1. The average Bonchev–Trinajstić information content (AvgIpc) is 2.43. The summed E-state index contributed by atoms with van der Waals surface area (Å²) in [5.74, 6) is -3.36. The maximum absolute atomic E-state index is 11.8. The lowest BCUT2D eigenvalue weighted by Gasteiger charge is -2.30. The fourth-order valence-electron chi connectivity index (χ4n) is 2.49. The van der Waals surface area contributed by atoms with Gasteiger partial charge in [-0.05, 0) is 0 Å². The van der Waals surface area contributed by atoms with Gasteiger partial charge in [0.05, 0.1) is 22.5 Å². The summed E-state index contributed by atoms with van der Waals surface area (Å²) in [5.41, 5.74) is 0.0701. The Labute approximate surface area is 117 Å². The van der Waals surface area contributed by atoms with E-state index in [-0.39, 0.29) is 28.9 Å². The van der Waals surface area contributed by atoms with E-state index in [0.29, 0.717) is 0 Å². The van der Waals surface area contributed by atoms with Crippen LogP contribution >= 0.6 is 0 Å². The standard InChI is InChI=1S/C13H10N2O6/c16-6-2-8(18)12(19)4-3-14-10-7(17)1-5(13(20)21)15-11(10)9(4)6/h2-3,5,7,15-17H,1H2,(H,20,21). The first-order valence-corrected chi connectivity index (χ1v) is 6.10. The Kier molecular flexibility index (Phi) is 2.77. The lowest BCUT2D eigenvalue weighted by atomic mass is 9.89. The number of fused-ring (bicyclic) bond motifs is 3. The molecule has 0 fully saturated rings. The van der Waals surface area contributed by atoms with Gasteiger partial charge >= 0.3 is 5.97 Å². The maximum Gasteiger partial charge on any atom is 0.326 e. The van der Waals surface area contributed by atoms with E-state index in [9.17, 15) is 24.6 Å². The van der Waals surface area contributed by atoms with Crippen LogP contribution in [0.3, 0.4) is 0 Å². The van der Waals surface area contributed by atoms with E-state index in [1.807, 2.05) is 0 Å². The second-order valence-electron chi connectivity index (χ2n) is 4.82. The predicted octanol–water partition coefficient (Wildman–Crippen LogP) is 0.0481. The van der Waals surface area contributed by atoms with Crippen LogP contribution in [0.25, 0.3) is 5.76 Å². The molecule has 1 aliphatic heterocycles. The van der Waals surface area contributed by atoms with Gasteiger partial charge in [-0.25, -0.2) is 4.79 Å². The zero-order valence-electron chi connectivity index (χ0n) is 10.5. The number of allylic oxidation sites excluding steroid dienone is 1. The van der Waals surface area contributed by atoms with Crippen LogP contribution in [-0.2, 0) is 9.59 Å². The van der Waals surface area contributed by atoms with E-state index in [0.717, 1.165) is 12.3 Å². The number of aromatic nitrogens is 1. The molecule has 2 heterocycles. The van der Waals surface area contributed by atoms with E-state index in [1.54, 1.807) is 0 Å². The SMILES string of the molecule is O=C1C=C(O)c2c(cnc3c2NC(C(=O)O)CC3O)C1=O. The van der Waals surface area contributed by atoms with E-state index in [1.165, 1.54) is 0 Å². The van der Waals surface area contributed by atoms with Gasteiger partial charge in [0.2, 0.25) is 11.6 Å². The van der Waals surface area contributed by atoms with Gasteiger partial charge in [0, 0.05) is 18.7 Å². The Balaban J connectivity index is 2.22. The number of aliphatic carboxylic acids is 1. The van der Waals surface area contributed by atoms with Crippen molar-refractivity contribution < 1.29 is 29.7 Å². The van der Waals surface area contributed by atoms with Crippen LogP contribution < -0.4 is 5.32 Å². The first-order chi connectivity index (χ1) is 9.90. The molecule has 1 aromatic rings. The number of carboxylic acid groups (broad SMARTS) is 1. The van der Waals surface area contributed by atoms with Crippen molar-refractivity contribution >= 4 is 29.0 Å². The summed E-state index contributed by atoms with van der Waals surface area (Å²) in [7, 11) is 0. The smallest absolute Gasteiger partial charge is 0.326 e. The molecule has 8 nitrogen and oxygen atoms in total. The monoisotopic (exact) mass is 290 g/mol. The summed E-state index contributed by atoms with van der Waals surface area (Å²) in [6, 6.07) is -1.08. The minimum Gasteiger partial charge on any atom is -0.507 e. The van der Waals surface area contributed by atoms with E-state index in [4.69, 9.17) is 5.11 Å². The number of carbonyl (C=O) groups is 3. The van der Waals surface area contributed by atoms with Crippen LogP contribution in [0.1, 0.15) is 34.1 Å². The number of carbonyl (C=O) groups excluding carboxylic acids is 2. The van der Waals surface area contributed by atoms with E-state index < -0.39 is 35.4 Å². The molecule has 108 valence electrons. The van der Waals surface area contributed by atoms with Crippen LogP contribution in [0.15, 0.2) is 12.3 Å². The van der Waals surface area contributed by atoms with Gasteiger partial charge in [0.15, 0.2) is 0 Å². The van der Waals surface area contributed by atoms with Crippen molar-refractivity contribution in [3.63, 3.8) is 0 Å². The molecule has 3 rings (SSSR count). The minimum atomic E-state index is -1.18. The van der Waals surface area contributed by atoms with Gasteiger partial charge in [-0.2, -0.15) is 0 Å². The van der Waals surface area contributed by atoms with Crippen molar-refractivity contribution in [3.05, 3.63) is 29.1 Å². The quantitative estimate of drug-likeness (QED) is 0.532. The van der Waals surface area contributed by atoms with Gasteiger partial charge in [-0.15, -0.1) is 0 Å². The van der Waals surface area contributed by atoms with Gasteiger partial charge in [0.1, 0.15) is 17.9 Å². The molecular formula is C13H10N2O6. The van der Waals surface area contributed by atoms with Crippen molar-refractivity contribution in [1.82, 2.24) is 4.98 Å². The summed E-state index contributed by atoms with van der Waals surface area (Å²) in [6.45, 7) is 0. The largest absolute Gasteiger partial charge is 0.507 e. The number of aliphatic hydroxyl groups excluding tert-OH is 2. The number of hydrogen-bond donors (Lipinski definition) is 4. The van der Waals surface area contributed by atoms with E-state index in [2.05, 4.69) is 10.3 Å². The van der Waals surface area contributed by atoms with Crippen molar-refractivity contribution in [2.75, 3.05) is 5.32 Å². The fourth-order valence-corrected chi connectivity index (χ4v) is 2.49. The summed E-state index contributed by atoms with van der Waals surface area (Å²) in [4.78, 5) is 38.2. The van der Waals surface area contributed by atoms with Crippen molar-refractivity contribution in [3.8, 4) is 0 Å². The van der Waals surface area contributed by atoms with Gasteiger partial charge in [0.25, 0.3) is 0 Å². The van der Waals surface area contributed by atoms with Crippen LogP contribution in [0, 0.1) is 0 Å². The number of Topliss-reactive ketones (excluding diaryl/α,β-unsaturated/α-hetero) is 1. The molecule has 21 heavy (non-hydrogen) atoms. The molecule has 2 unspecified atom stereocenters. The molecule has 1 aliphatic carbocycles. The molecule has 0 bridgehead atoms. The number of hydrogen-bond acceptors (Lipinski definition) is 7. The highest BCUT2D eigenvalue weighted by Gasteiger charge is 2.37. The van der Waals surface area contributed by atoms with Gasteiger partial charge < -0.3 is 20.6 Å². The third-order valence-electron chi connectivity index (χ3n) is 3.49. The number of anilines is 1. The van der Waals surface area contributed by atoms with E-state index >= 15 is 0 Å². The van der Waals surface area contributed by atoms with Crippen LogP contribution in [0.2, 0.25) is 0 Å². The summed E-state index contributed by atoms with van der Waals surface area (Å²) >= 11 is 0. The molecular weight excluding hydrogens is 280 g/mol. The average molecular weight is 290 g/mol. The molecule has 0 spiro atoms. The van der Waals surface area contributed by atoms with Gasteiger partial charge in [-0.3, -0.25) is 14.6 Å². The summed E-state index contributed by atoms with van der Waals surface area (Å²) in [5, 5.41) is 31.6. The second kappa shape index (κ2) is 4.38. The molecule has 0 aromatic carbocycles. The van der Waals surface area contributed by atoms with Crippen molar-refractivity contribution in [2.45, 2.75) is 18.6 Å². The van der Waals surface area contributed by atoms with Gasteiger partial charge in [-0.1, -0.05) is 0 Å². The second-order valence-corrected chi connectivity index (χ2v) is 4.82. The zero-order valence-corrected chi connectivity index (χ0v) is 10.5. The first kappa shape index (κ1) is 13.3. The van der Waals surface area contributed by atoms with Crippen LogP contribution in [0.5, 0.6) is 0 Å². The lowest BCUT2D eigenvalue weighted by molar-refractivity contribution is -0.138. The lowest BCUT2D eigenvalue weighted by Crippen LogP contribution is -2.37. The Morgan fingerprint density at radius 3 is 2.76 bits per heavy atom.